The van der Waals surface area contributed by atoms with E-state index in [0.717, 1.165) is 12.1 Å². The van der Waals surface area contributed by atoms with Crippen LogP contribution in [-0.2, 0) is 6.18 Å². The summed E-state index contributed by atoms with van der Waals surface area (Å²) >= 11 is 5.13. The van der Waals surface area contributed by atoms with Gasteiger partial charge in [0.2, 0.25) is 0 Å². The van der Waals surface area contributed by atoms with Crippen molar-refractivity contribution in [2.45, 2.75) is 26.9 Å². The van der Waals surface area contributed by atoms with E-state index in [-0.39, 0.29) is 16.5 Å². The molecule has 0 saturated heterocycles. The van der Waals surface area contributed by atoms with Crippen LogP contribution in [0.4, 0.5) is 24.7 Å². The Morgan fingerprint density at radius 2 is 1.79 bits per heavy atom. The summed E-state index contributed by atoms with van der Waals surface area (Å²) in [6.45, 7) is 5.15. The summed E-state index contributed by atoms with van der Waals surface area (Å²) in [6, 6.07) is 4.74. The van der Waals surface area contributed by atoms with Gasteiger partial charge in [-0.05, 0) is 62.3 Å². The molecule has 2 aromatic rings. The molecule has 128 valence electrons. The molecule has 3 N–H and O–H groups in total. The van der Waals surface area contributed by atoms with Crippen LogP contribution in [-0.4, -0.2) is 15.2 Å². The second kappa shape index (κ2) is 6.64. The maximum Gasteiger partial charge on any atom is 0.416 e. The van der Waals surface area contributed by atoms with Gasteiger partial charge in [0.15, 0.2) is 5.11 Å². The van der Waals surface area contributed by atoms with Gasteiger partial charge in [-0.2, -0.15) is 13.2 Å². The standard InChI is InChI=1S/C16H16F3N3OS/c1-8-9(2)14(20-10(3)13(8)23)22-15(24)21-12-6-4-5-11(7-12)16(17,18)19/h4-7,23H,1-3H3,(H2,20,21,22,24). The lowest BCUT2D eigenvalue weighted by atomic mass is 10.1. The number of halogens is 3. The van der Waals surface area contributed by atoms with Crippen LogP contribution >= 0.6 is 12.2 Å². The number of hydrogen-bond acceptors (Lipinski definition) is 3. The van der Waals surface area contributed by atoms with Crippen molar-refractivity contribution in [2.24, 2.45) is 0 Å². The summed E-state index contributed by atoms with van der Waals surface area (Å²) in [7, 11) is 0. The van der Waals surface area contributed by atoms with E-state index in [1.807, 2.05) is 0 Å². The van der Waals surface area contributed by atoms with Gasteiger partial charge in [0.25, 0.3) is 0 Å². The monoisotopic (exact) mass is 355 g/mol. The Bertz CT molecular complexity index is 791. The molecule has 0 aliphatic rings. The van der Waals surface area contributed by atoms with Gasteiger partial charge in [-0.1, -0.05) is 6.07 Å². The third-order valence-electron chi connectivity index (χ3n) is 3.57. The number of rotatable bonds is 2. The average Bonchev–Trinajstić information content (AvgIpc) is 2.50. The minimum Gasteiger partial charge on any atom is -0.506 e. The molecule has 0 amide bonds. The Balaban J connectivity index is 2.18. The number of benzene rings is 1. The summed E-state index contributed by atoms with van der Waals surface area (Å²) in [4.78, 5) is 4.20. The van der Waals surface area contributed by atoms with Gasteiger partial charge in [-0.15, -0.1) is 0 Å². The zero-order valence-electron chi connectivity index (χ0n) is 13.2. The number of nitrogens with zero attached hydrogens (tertiary/aromatic N) is 1. The fourth-order valence-corrected chi connectivity index (χ4v) is 2.31. The molecule has 0 aliphatic carbocycles. The van der Waals surface area contributed by atoms with Crippen LogP contribution in [0.15, 0.2) is 24.3 Å². The molecule has 2 rings (SSSR count). The third-order valence-corrected chi connectivity index (χ3v) is 3.78. The highest BCUT2D eigenvalue weighted by atomic mass is 32.1. The predicted molar refractivity (Wildman–Crippen MR) is 91.4 cm³/mol. The number of thiocarbonyl (C=S) groups is 1. The number of alkyl halides is 3. The summed E-state index contributed by atoms with van der Waals surface area (Å²) in [5.74, 6) is 0.544. The van der Waals surface area contributed by atoms with E-state index < -0.39 is 11.7 Å². The van der Waals surface area contributed by atoms with Crippen LogP contribution < -0.4 is 10.6 Å². The maximum absolute atomic E-state index is 12.7. The fourth-order valence-electron chi connectivity index (χ4n) is 2.10. The fraction of sp³-hybridized carbons (Fsp3) is 0.250. The highest BCUT2D eigenvalue weighted by Crippen LogP contribution is 2.31. The van der Waals surface area contributed by atoms with Gasteiger partial charge in [0, 0.05) is 5.69 Å². The lowest BCUT2D eigenvalue weighted by Gasteiger charge is -2.16. The van der Waals surface area contributed by atoms with Gasteiger partial charge in [0.05, 0.1) is 11.3 Å². The summed E-state index contributed by atoms with van der Waals surface area (Å²) in [5.41, 5.74) is 1.24. The third kappa shape index (κ3) is 3.94. The van der Waals surface area contributed by atoms with Crippen molar-refractivity contribution in [3.63, 3.8) is 0 Å². The molecule has 24 heavy (non-hydrogen) atoms. The van der Waals surface area contributed by atoms with Crippen LogP contribution in [0.5, 0.6) is 5.75 Å². The Hall–Kier alpha value is -2.35. The predicted octanol–water partition coefficient (Wildman–Crippen LogP) is 4.54. The van der Waals surface area contributed by atoms with E-state index in [4.69, 9.17) is 12.2 Å². The minimum absolute atomic E-state index is 0.106. The molecule has 1 heterocycles. The van der Waals surface area contributed by atoms with Crippen LogP contribution in [0.3, 0.4) is 0 Å². The summed E-state index contributed by atoms with van der Waals surface area (Å²) in [6.07, 6.45) is -4.42. The Labute approximate surface area is 142 Å². The molecule has 0 spiro atoms. The van der Waals surface area contributed by atoms with Crippen molar-refractivity contribution in [3.8, 4) is 5.75 Å². The number of nitrogens with one attached hydrogen (secondary N) is 2. The SMILES string of the molecule is Cc1nc(NC(=S)Nc2cccc(C(F)(F)F)c2)c(C)c(C)c1O. The Kier molecular flexibility index (Phi) is 4.98. The summed E-state index contributed by atoms with van der Waals surface area (Å²) in [5, 5.41) is 15.5. The van der Waals surface area contributed by atoms with Gasteiger partial charge < -0.3 is 15.7 Å². The normalized spacial score (nSPS) is 11.2. The second-order valence-corrected chi connectivity index (χ2v) is 5.71. The number of aromatic nitrogens is 1. The van der Waals surface area contributed by atoms with Gasteiger partial charge in [0.1, 0.15) is 11.6 Å². The molecular formula is C16H16F3N3OS. The topological polar surface area (TPSA) is 57.2 Å². The van der Waals surface area contributed by atoms with Crippen molar-refractivity contribution in [1.29, 1.82) is 0 Å². The lowest BCUT2D eigenvalue weighted by molar-refractivity contribution is -0.137. The van der Waals surface area contributed by atoms with Crippen LogP contribution in [0.1, 0.15) is 22.4 Å². The van der Waals surface area contributed by atoms with Crippen molar-refractivity contribution >= 4 is 28.8 Å². The van der Waals surface area contributed by atoms with E-state index >= 15 is 0 Å². The molecule has 0 bridgehead atoms. The van der Waals surface area contributed by atoms with E-state index in [2.05, 4.69) is 15.6 Å². The molecule has 4 nitrogen and oxygen atoms in total. The van der Waals surface area contributed by atoms with E-state index in [9.17, 15) is 18.3 Å². The molecule has 1 aromatic carbocycles. The van der Waals surface area contributed by atoms with Gasteiger partial charge >= 0.3 is 6.18 Å². The Morgan fingerprint density at radius 1 is 1.12 bits per heavy atom. The highest BCUT2D eigenvalue weighted by molar-refractivity contribution is 7.80. The molecule has 1 aromatic heterocycles. The van der Waals surface area contributed by atoms with Crippen LogP contribution in [0.2, 0.25) is 0 Å². The first-order valence-electron chi connectivity index (χ1n) is 7.01. The van der Waals surface area contributed by atoms with Crippen LogP contribution in [0.25, 0.3) is 0 Å². The first-order valence-corrected chi connectivity index (χ1v) is 7.42. The molecule has 0 fully saturated rings. The minimum atomic E-state index is -4.42. The lowest BCUT2D eigenvalue weighted by Crippen LogP contribution is -2.21. The number of aromatic hydroxyl groups is 1. The quantitative estimate of drug-likeness (QED) is 0.691. The Morgan fingerprint density at radius 3 is 2.42 bits per heavy atom. The van der Waals surface area contributed by atoms with E-state index in [1.54, 1.807) is 20.8 Å². The highest BCUT2D eigenvalue weighted by Gasteiger charge is 2.30. The van der Waals surface area contributed by atoms with Crippen molar-refractivity contribution in [1.82, 2.24) is 4.98 Å². The zero-order chi connectivity index (χ0) is 18.1. The maximum atomic E-state index is 12.7. The van der Waals surface area contributed by atoms with Crippen LogP contribution in [0, 0.1) is 20.8 Å². The number of pyridine rings is 1. The molecule has 0 saturated carbocycles. The number of aryl methyl sites for hydroxylation is 1. The second-order valence-electron chi connectivity index (χ2n) is 5.30. The van der Waals surface area contributed by atoms with E-state index in [1.165, 1.54) is 12.1 Å². The average molecular weight is 355 g/mol. The molecule has 0 radical (unpaired) electrons. The van der Waals surface area contributed by atoms with Crippen molar-refractivity contribution in [2.75, 3.05) is 10.6 Å². The van der Waals surface area contributed by atoms with Gasteiger partial charge in [-0.3, -0.25) is 0 Å². The molecule has 0 unspecified atom stereocenters. The molecule has 8 heteroatoms. The summed E-state index contributed by atoms with van der Waals surface area (Å²) < 4.78 is 38.2. The molecule has 0 atom stereocenters. The smallest absolute Gasteiger partial charge is 0.416 e. The molecular weight excluding hydrogens is 339 g/mol. The van der Waals surface area contributed by atoms with E-state index in [0.29, 0.717) is 22.6 Å². The largest absolute Gasteiger partial charge is 0.506 e. The van der Waals surface area contributed by atoms with Crippen molar-refractivity contribution < 1.29 is 18.3 Å². The first kappa shape index (κ1) is 18.0. The number of hydrogen-bond donors (Lipinski definition) is 3. The molecule has 0 aliphatic heterocycles. The van der Waals surface area contributed by atoms with Gasteiger partial charge in [-0.25, -0.2) is 4.98 Å². The number of anilines is 2. The first-order chi connectivity index (χ1) is 11.1. The zero-order valence-corrected chi connectivity index (χ0v) is 14.1. The van der Waals surface area contributed by atoms with Crippen molar-refractivity contribution in [3.05, 3.63) is 46.6 Å².